The SMILES string of the molecule is Cn1cnc(-c2cc(F)cc(C(F)(F)F)c2)c1N. The third-order valence-corrected chi connectivity index (χ3v) is 2.48. The Labute approximate surface area is 99.9 Å². The molecule has 0 radical (unpaired) electrons. The minimum atomic E-state index is -4.61. The van der Waals surface area contributed by atoms with E-state index in [9.17, 15) is 17.6 Å². The summed E-state index contributed by atoms with van der Waals surface area (Å²) in [5.74, 6) is -0.807. The molecule has 0 aliphatic heterocycles. The van der Waals surface area contributed by atoms with Gasteiger partial charge in [0.15, 0.2) is 0 Å². The van der Waals surface area contributed by atoms with Crippen LogP contribution in [-0.2, 0) is 13.2 Å². The molecule has 2 aromatic rings. The van der Waals surface area contributed by atoms with Crippen molar-refractivity contribution in [2.24, 2.45) is 7.05 Å². The second kappa shape index (κ2) is 4.01. The lowest BCUT2D eigenvalue weighted by Gasteiger charge is -2.09. The number of aromatic nitrogens is 2. The number of nitrogens with two attached hydrogens (primary N) is 1. The summed E-state index contributed by atoms with van der Waals surface area (Å²) >= 11 is 0. The number of halogens is 4. The Hall–Kier alpha value is -2.05. The Morgan fingerprint density at radius 1 is 1.22 bits per heavy atom. The van der Waals surface area contributed by atoms with Crippen LogP contribution >= 0.6 is 0 Å². The van der Waals surface area contributed by atoms with Gasteiger partial charge in [-0.1, -0.05) is 0 Å². The summed E-state index contributed by atoms with van der Waals surface area (Å²) in [7, 11) is 1.59. The van der Waals surface area contributed by atoms with Gasteiger partial charge >= 0.3 is 6.18 Å². The van der Waals surface area contributed by atoms with E-state index in [0.717, 1.165) is 12.1 Å². The number of nitrogen functional groups attached to an aromatic ring is 1. The lowest BCUT2D eigenvalue weighted by Crippen LogP contribution is -2.06. The van der Waals surface area contributed by atoms with Crippen LogP contribution in [0.25, 0.3) is 11.3 Å². The standard InChI is InChI=1S/C11H9F4N3/c1-18-5-17-9(10(18)16)6-2-7(11(13,14)15)4-8(12)3-6/h2-5H,16H2,1H3. The molecule has 0 bridgehead atoms. The zero-order chi connectivity index (χ0) is 13.5. The van der Waals surface area contributed by atoms with Gasteiger partial charge in [0, 0.05) is 12.6 Å². The van der Waals surface area contributed by atoms with Crippen LogP contribution in [-0.4, -0.2) is 9.55 Å². The second-order valence-electron chi connectivity index (χ2n) is 3.82. The molecule has 0 saturated heterocycles. The van der Waals surface area contributed by atoms with Gasteiger partial charge in [0.25, 0.3) is 0 Å². The van der Waals surface area contributed by atoms with Crippen LogP contribution < -0.4 is 5.73 Å². The monoisotopic (exact) mass is 259 g/mol. The number of alkyl halides is 3. The van der Waals surface area contributed by atoms with Crippen molar-refractivity contribution in [3.63, 3.8) is 0 Å². The molecule has 0 amide bonds. The van der Waals surface area contributed by atoms with E-state index < -0.39 is 17.6 Å². The highest BCUT2D eigenvalue weighted by molar-refractivity contribution is 5.71. The van der Waals surface area contributed by atoms with E-state index in [1.165, 1.54) is 10.9 Å². The van der Waals surface area contributed by atoms with Crippen LogP contribution in [0, 0.1) is 5.82 Å². The largest absolute Gasteiger partial charge is 0.416 e. The first-order chi connectivity index (χ1) is 8.29. The van der Waals surface area contributed by atoms with Crippen LogP contribution in [0.3, 0.4) is 0 Å². The summed E-state index contributed by atoms with van der Waals surface area (Å²) in [4.78, 5) is 3.85. The van der Waals surface area contributed by atoms with Crippen LogP contribution in [0.2, 0.25) is 0 Å². The number of imidazole rings is 1. The summed E-state index contributed by atoms with van der Waals surface area (Å²) in [5, 5.41) is 0. The first kappa shape index (κ1) is 12.4. The van der Waals surface area contributed by atoms with E-state index in [1.807, 2.05) is 0 Å². The Balaban J connectivity index is 2.59. The molecular weight excluding hydrogens is 250 g/mol. The van der Waals surface area contributed by atoms with E-state index >= 15 is 0 Å². The Morgan fingerprint density at radius 2 is 1.89 bits per heavy atom. The molecule has 0 fully saturated rings. The maximum absolute atomic E-state index is 13.2. The molecule has 0 aliphatic rings. The van der Waals surface area contributed by atoms with Gasteiger partial charge in [0.2, 0.25) is 0 Å². The third kappa shape index (κ3) is 2.15. The van der Waals surface area contributed by atoms with E-state index in [-0.39, 0.29) is 17.1 Å². The van der Waals surface area contributed by atoms with Crippen molar-refractivity contribution in [3.8, 4) is 11.3 Å². The molecule has 7 heteroatoms. The predicted molar refractivity (Wildman–Crippen MR) is 58.0 cm³/mol. The van der Waals surface area contributed by atoms with Crippen LogP contribution in [0.1, 0.15) is 5.56 Å². The first-order valence-electron chi connectivity index (χ1n) is 4.94. The fourth-order valence-electron chi connectivity index (χ4n) is 1.55. The highest BCUT2D eigenvalue weighted by atomic mass is 19.4. The number of aryl methyl sites for hydroxylation is 1. The van der Waals surface area contributed by atoms with Gasteiger partial charge < -0.3 is 10.3 Å². The highest BCUT2D eigenvalue weighted by Gasteiger charge is 2.31. The molecule has 3 nitrogen and oxygen atoms in total. The number of rotatable bonds is 1. The number of anilines is 1. The lowest BCUT2D eigenvalue weighted by atomic mass is 10.1. The Morgan fingerprint density at radius 3 is 2.39 bits per heavy atom. The molecule has 0 aliphatic carbocycles. The van der Waals surface area contributed by atoms with Gasteiger partial charge in [-0.25, -0.2) is 9.37 Å². The minimum Gasteiger partial charge on any atom is -0.383 e. The quantitative estimate of drug-likeness (QED) is 0.800. The van der Waals surface area contributed by atoms with E-state index in [1.54, 1.807) is 7.05 Å². The third-order valence-electron chi connectivity index (χ3n) is 2.48. The average molecular weight is 259 g/mol. The van der Waals surface area contributed by atoms with Crippen LogP contribution in [0.5, 0.6) is 0 Å². The number of hydrogen-bond donors (Lipinski definition) is 1. The average Bonchev–Trinajstić information content (AvgIpc) is 2.58. The molecule has 2 rings (SSSR count). The van der Waals surface area contributed by atoms with Crippen molar-refractivity contribution in [1.82, 2.24) is 9.55 Å². The minimum absolute atomic E-state index is 0.000394. The van der Waals surface area contributed by atoms with E-state index in [4.69, 9.17) is 5.73 Å². The number of benzene rings is 1. The van der Waals surface area contributed by atoms with Crippen molar-refractivity contribution < 1.29 is 17.6 Å². The fourth-order valence-corrected chi connectivity index (χ4v) is 1.55. The Bertz CT molecular complexity index is 586. The fraction of sp³-hybridized carbons (Fsp3) is 0.182. The molecule has 1 aromatic heterocycles. The van der Waals surface area contributed by atoms with Crippen molar-refractivity contribution in [2.75, 3.05) is 5.73 Å². The Kier molecular flexibility index (Phi) is 2.76. The molecule has 2 N–H and O–H groups in total. The van der Waals surface area contributed by atoms with Crippen LogP contribution in [0.15, 0.2) is 24.5 Å². The molecule has 0 atom stereocenters. The van der Waals surface area contributed by atoms with Gasteiger partial charge in [-0.3, -0.25) is 0 Å². The molecule has 0 spiro atoms. The molecule has 18 heavy (non-hydrogen) atoms. The smallest absolute Gasteiger partial charge is 0.383 e. The normalized spacial score (nSPS) is 11.8. The molecular formula is C11H9F4N3. The zero-order valence-electron chi connectivity index (χ0n) is 9.29. The van der Waals surface area contributed by atoms with Gasteiger partial charge in [-0.15, -0.1) is 0 Å². The molecule has 1 heterocycles. The highest BCUT2D eigenvalue weighted by Crippen LogP contribution is 2.33. The molecule has 0 saturated carbocycles. The van der Waals surface area contributed by atoms with E-state index in [0.29, 0.717) is 6.07 Å². The lowest BCUT2D eigenvalue weighted by molar-refractivity contribution is -0.137. The number of hydrogen-bond acceptors (Lipinski definition) is 2. The van der Waals surface area contributed by atoms with Gasteiger partial charge in [0.05, 0.1) is 11.9 Å². The zero-order valence-corrected chi connectivity index (χ0v) is 9.29. The van der Waals surface area contributed by atoms with Crippen molar-refractivity contribution in [1.29, 1.82) is 0 Å². The maximum atomic E-state index is 13.2. The van der Waals surface area contributed by atoms with Crippen LogP contribution in [0.4, 0.5) is 23.4 Å². The summed E-state index contributed by atoms with van der Waals surface area (Å²) in [6, 6.07) is 2.22. The van der Waals surface area contributed by atoms with Crippen molar-refractivity contribution >= 4 is 5.82 Å². The van der Waals surface area contributed by atoms with Gasteiger partial charge in [-0.05, 0) is 18.2 Å². The van der Waals surface area contributed by atoms with E-state index in [2.05, 4.69) is 4.98 Å². The first-order valence-corrected chi connectivity index (χ1v) is 4.94. The second-order valence-corrected chi connectivity index (χ2v) is 3.82. The van der Waals surface area contributed by atoms with Gasteiger partial charge in [-0.2, -0.15) is 13.2 Å². The summed E-state index contributed by atoms with van der Waals surface area (Å²) < 4.78 is 52.3. The summed E-state index contributed by atoms with van der Waals surface area (Å²) in [6.07, 6.45) is -3.26. The maximum Gasteiger partial charge on any atom is 0.416 e. The summed E-state index contributed by atoms with van der Waals surface area (Å²) in [5.41, 5.74) is 4.70. The molecule has 1 aromatic carbocycles. The van der Waals surface area contributed by atoms with Crippen molar-refractivity contribution in [3.05, 3.63) is 35.9 Å². The molecule has 0 unspecified atom stereocenters. The van der Waals surface area contributed by atoms with Gasteiger partial charge in [0.1, 0.15) is 17.3 Å². The topological polar surface area (TPSA) is 43.8 Å². The predicted octanol–water partition coefficient (Wildman–Crippen LogP) is 2.83. The van der Waals surface area contributed by atoms with Crippen molar-refractivity contribution in [2.45, 2.75) is 6.18 Å². The molecule has 96 valence electrons. The number of nitrogens with zero attached hydrogens (tertiary/aromatic N) is 2. The summed E-state index contributed by atoms with van der Waals surface area (Å²) in [6.45, 7) is 0.